The van der Waals surface area contributed by atoms with Crippen molar-refractivity contribution < 1.29 is 18.3 Å². The summed E-state index contributed by atoms with van der Waals surface area (Å²) in [6.45, 7) is 7.15. The lowest BCUT2D eigenvalue weighted by Gasteiger charge is -2.22. The molecule has 1 heterocycles. The number of hydrogen-bond donors (Lipinski definition) is 2. The topological polar surface area (TPSA) is 54.9 Å². The zero-order valence-electron chi connectivity index (χ0n) is 18.2. The highest BCUT2D eigenvalue weighted by Crippen LogP contribution is 2.17. The number of halogens is 2. The van der Waals surface area contributed by atoms with Crippen LogP contribution in [-0.4, -0.2) is 31.8 Å². The molecule has 0 spiro atoms. The molecule has 168 valence electrons. The van der Waals surface area contributed by atoms with Gasteiger partial charge in [0.2, 0.25) is 0 Å². The Labute approximate surface area is 182 Å². The minimum Gasteiger partial charge on any atom is -0.381 e. The average Bonchev–Trinajstić information content (AvgIpc) is 2.79. The maximum atomic E-state index is 13.5. The molecule has 1 fully saturated rings. The summed E-state index contributed by atoms with van der Waals surface area (Å²) in [5.74, 6) is -1.09. The standard InChI is InChI=1S/C24H31F2N3O2/c1-3-27-24(29-17(2)20-7-8-22(25)23(26)14-20)28-15-18-5-4-6-19(13-18)16-31-21-9-11-30-12-10-21/h4-8,13-14,17,21H,3,9-12,15-16H2,1-2H3,(H2,27,28,29). The maximum Gasteiger partial charge on any atom is 0.192 e. The molecule has 2 aromatic carbocycles. The van der Waals surface area contributed by atoms with E-state index in [1.807, 2.05) is 26.0 Å². The van der Waals surface area contributed by atoms with Crippen LogP contribution in [0, 0.1) is 11.6 Å². The van der Waals surface area contributed by atoms with Gasteiger partial charge >= 0.3 is 0 Å². The van der Waals surface area contributed by atoms with E-state index in [4.69, 9.17) is 9.47 Å². The summed E-state index contributed by atoms with van der Waals surface area (Å²) in [4.78, 5) is 4.65. The Bertz CT molecular complexity index is 870. The van der Waals surface area contributed by atoms with Crippen LogP contribution in [0.4, 0.5) is 8.78 Å². The van der Waals surface area contributed by atoms with Crippen molar-refractivity contribution in [1.82, 2.24) is 10.6 Å². The Morgan fingerprint density at radius 3 is 2.65 bits per heavy atom. The third-order valence-corrected chi connectivity index (χ3v) is 5.21. The van der Waals surface area contributed by atoms with Gasteiger partial charge < -0.3 is 20.1 Å². The zero-order chi connectivity index (χ0) is 22.1. The SMILES string of the molecule is CCNC(=NCc1cccc(COC2CCOCC2)c1)NC(C)c1ccc(F)c(F)c1. The normalized spacial score (nSPS) is 16.2. The lowest BCUT2D eigenvalue weighted by molar-refractivity contribution is -0.0390. The summed E-state index contributed by atoms with van der Waals surface area (Å²) < 4.78 is 38.1. The van der Waals surface area contributed by atoms with Crippen molar-refractivity contribution in [2.24, 2.45) is 4.99 Å². The summed E-state index contributed by atoms with van der Waals surface area (Å²) in [5, 5.41) is 6.44. The average molecular weight is 432 g/mol. The van der Waals surface area contributed by atoms with Gasteiger partial charge in [-0.1, -0.05) is 30.3 Å². The van der Waals surface area contributed by atoms with Crippen molar-refractivity contribution in [3.05, 3.63) is 70.8 Å². The Kier molecular flexibility index (Phi) is 8.79. The number of hydrogen-bond acceptors (Lipinski definition) is 3. The number of ether oxygens (including phenoxy) is 2. The number of guanidine groups is 1. The Balaban J connectivity index is 1.59. The van der Waals surface area contributed by atoms with Gasteiger partial charge in [-0.3, -0.25) is 0 Å². The smallest absolute Gasteiger partial charge is 0.192 e. The minimum absolute atomic E-state index is 0.230. The fourth-order valence-electron chi connectivity index (χ4n) is 3.43. The molecule has 0 bridgehead atoms. The molecule has 1 unspecified atom stereocenters. The Hall–Kier alpha value is -2.51. The maximum absolute atomic E-state index is 13.5. The van der Waals surface area contributed by atoms with Crippen molar-refractivity contribution >= 4 is 5.96 Å². The number of nitrogens with one attached hydrogen (secondary N) is 2. The Morgan fingerprint density at radius 2 is 1.90 bits per heavy atom. The van der Waals surface area contributed by atoms with E-state index in [2.05, 4.69) is 27.8 Å². The summed E-state index contributed by atoms with van der Waals surface area (Å²) in [6, 6.07) is 11.9. The van der Waals surface area contributed by atoms with Gasteiger partial charge in [0, 0.05) is 19.8 Å². The van der Waals surface area contributed by atoms with Crippen LogP contribution in [0.3, 0.4) is 0 Å². The quantitative estimate of drug-likeness (QED) is 0.478. The molecule has 1 saturated heterocycles. The molecule has 1 aliphatic rings. The monoisotopic (exact) mass is 431 g/mol. The van der Waals surface area contributed by atoms with E-state index in [9.17, 15) is 8.78 Å². The summed E-state index contributed by atoms with van der Waals surface area (Å²) in [7, 11) is 0. The Morgan fingerprint density at radius 1 is 1.13 bits per heavy atom. The summed E-state index contributed by atoms with van der Waals surface area (Å²) >= 11 is 0. The van der Waals surface area contributed by atoms with Gasteiger partial charge in [0.1, 0.15) is 0 Å². The van der Waals surface area contributed by atoms with Crippen LogP contribution < -0.4 is 10.6 Å². The second-order valence-corrected chi connectivity index (χ2v) is 7.68. The second-order valence-electron chi connectivity index (χ2n) is 7.68. The van der Waals surface area contributed by atoms with Gasteiger partial charge in [-0.2, -0.15) is 0 Å². The number of nitrogens with zero attached hydrogens (tertiary/aromatic N) is 1. The highest BCUT2D eigenvalue weighted by atomic mass is 19.2. The van der Waals surface area contributed by atoms with Crippen molar-refractivity contribution in [2.75, 3.05) is 19.8 Å². The van der Waals surface area contributed by atoms with Crippen LogP contribution in [0.5, 0.6) is 0 Å². The van der Waals surface area contributed by atoms with E-state index in [0.29, 0.717) is 31.2 Å². The number of rotatable bonds is 8. The molecular formula is C24H31F2N3O2. The molecule has 3 rings (SSSR count). The molecule has 1 aliphatic heterocycles. The third-order valence-electron chi connectivity index (χ3n) is 5.21. The molecule has 31 heavy (non-hydrogen) atoms. The fraction of sp³-hybridized carbons (Fsp3) is 0.458. The van der Waals surface area contributed by atoms with Crippen molar-refractivity contribution in [1.29, 1.82) is 0 Å². The van der Waals surface area contributed by atoms with Gasteiger partial charge in [0.05, 0.1) is 25.3 Å². The summed E-state index contributed by atoms with van der Waals surface area (Å²) in [6.07, 6.45) is 2.15. The largest absolute Gasteiger partial charge is 0.381 e. The molecule has 0 aliphatic carbocycles. The van der Waals surface area contributed by atoms with Gasteiger partial charge in [-0.25, -0.2) is 13.8 Å². The van der Waals surface area contributed by atoms with Gasteiger partial charge in [0.15, 0.2) is 17.6 Å². The molecule has 1 atom stereocenters. The van der Waals surface area contributed by atoms with Crippen LogP contribution in [0.15, 0.2) is 47.5 Å². The molecule has 2 aromatic rings. The first-order valence-electron chi connectivity index (χ1n) is 10.8. The first kappa shape index (κ1) is 23.2. The van der Waals surface area contributed by atoms with Crippen LogP contribution in [0.1, 0.15) is 49.4 Å². The zero-order valence-corrected chi connectivity index (χ0v) is 18.2. The van der Waals surface area contributed by atoms with Crippen LogP contribution in [-0.2, 0) is 22.6 Å². The summed E-state index contributed by atoms with van der Waals surface area (Å²) in [5.41, 5.74) is 2.84. The van der Waals surface area contributed by atoms with E-state index < -0.39 is 11.6 Å². The fourth-order valence-corrected chi connectivity index (χ4v) is 3.43. The van der Waals surface area contributed by atoms with E-state index in [-0.39, 0.29) is 12.1 Å². The number of benzene rings is 2. The van der Waals surface area contributed by atoms with E-state index in [0.717, 1.165) is 43.2 Å². The third kappa shape index (κ3) is 7.29. The molecule has 0 aromatic heterocycles. The second kappa shape index (κ2) is 11.8. The minimum atomic E-state index is -0.854. The van der Waals surface area contributed by atoms with Crippen molar-refractivity contribution in [3.63, 3.8) is 0 Å². The first-order valence-corrected chi connectivity index (χ1v) is 10.8. The van der Waals surface area contributed by atoms with Gasteiger partial charge in [-0.05, 0) is 55.5 Å². The lowest BCUT2D eigenvalue weighted by atomic mass is 10.1. The van der Waals surface area contributed by atoms with Gasteiger partial charge in [-0.15, -0.1) is 0 Å². The highest BCUT2D eigenvalue weighted by Gasteiger charge is 2.14. The van der Waals surface area contributed by atoms with Gasteiger partial charge in [0.25, 0.3) is 0 Å². The number of aliphatic imine (C=N–C) groups is 1. The molecule has 7 heteroatoms. The lowest BCUT2D eigenvalue weighted by Crippen LogP contribution is -2.38. The highest BCUT2D eigenvalue weighted by molar-refractivity contribution is 5.80. The molecule has 0 saturated carbocycles. The predicted molar refractivity (Wildman–Crippen MR) is 118 cm³/mol. The van der Waals surface area contributed by atoms with E-state index in [1.165, 1.54) is 6.07 Å². The molecule has 0 amide bonds. The van der Waals surface area contributed by atoms with Crippen LogP contribution >= 0.6 is 0 Å². The van der Waals surface area contributed by atoms with Crippen molar-refractivity contribution in [2.45, 2.75) is 52.0 Å². The predicted octanol–water partition coefficient (Wildman–Crippen LogP) is 4.48. The first-order chi connectivity index (χ1) is 15.0. The molecule has 0 radical (unpaired) electrons. The van der Waals surface area contributed by atoms with E-state index >= 15 is 0 Å². The molecule has 2 N–H and O–H groups in total. The molecule has 5 nitrogen and oxygen atoms in total. The van der Waals surface area contributed by atoms with Crippen LogP contribution in [0.2, 0.25) is 0 Å². The van der Waals surface area contributed by atoms with E-state index in [1.54, 1.807) is 6.07 Å². The van der Waals surface area contributed by atoms with Crippen molar-refractivity contribution in [3.8, 4) is 0 Å². The van der Waals surface area contributed by atoms with Crippen LogP contribution in [0.25, 0.3) is 0 Å². The molecular weight excluding hydrogens is 400 g/mol.